The number of carbonyl (C=O) groups excluding carboxylic acids is 4. The van der Waals surface area contributed by atoms with Crippen LogP contribution in [-0.4, -0.2) is 93.1 Å². The van der Waals surface area contributed by atoms with Crippen LogP contribution in [0.5, 0.6) is 0 Å². The number of carboxylic acids is 2. The van der Waals surface area contributed by atoms with Crippen LogP contribution in [0.1, 0.15) is 44.6 Å². The number of hydrogen-bond donors (Lipinski definition) is 8. The number of amides is 4. The predicted molar refractivity (Wildman–Crippen MR) is 163 cm³/mol. The van der Waals surface area contributed by atoms with Gasteiger partial charge in [-0.05, 0) is 42.9 Å². The van der Waals surface area contributed by atoms with Gasteiger partial charge in [0, 0.05) is 17.1 Å². The SMILES string of the molecule is CCCCC(NC(=O)[C@H](CC(=O)O)NC(=O)[C@H](CCSC)NC(=O)[C@@H](N)Cc1c[nH]c2ccccc12)C(N)=O.O=C(O)C(F)(F)F. The molecule has 0 aliphatic rings. The van der Waals surface area contributed by atoms with E-state index in [0.29, 0.717) is 12.2 Å². The highest BCUT2D eigenvalue weighted by Crippen LogP contribution is 2.19. The number of thioether (sulfide) groups is 1. The van der Waals surface area contributed by atoms with Gasteiger partial charge in [-0.1, -0.05) is 38.0 Å². The monoisotopic (exact) mass is 676 g/mol. The lowest BCUT2D eigenvalue weighted by Gasteiger charge is -2.24. The number of hydrogen-bond acceptors (Lipinski definition) is 8. The van der Waals surface area contributed by atoms with Gasteiger partial charge in [-0.3, -0.25) is 24.0 Å². The standard InChI is InChI=1S/C26H38N6O6S.C2HF3O2/c1-3-4-8-19(23(28)35)30-26(38)21(13-22(33)34)32-25(37)20(10-11-39-2)31-24(36)17(27)12-15-14-29-18-9-6-5-7-16(15)18;3-2(4,5)1(6)7/h5-7,9,14,17,19-21,29H,3-4,8,10-13,27H2,1-2H3,(H2,28,35)(H,30,38)(H,31,36)(H,32,37)(H,33,34);(H,6,7)/t17-,19?,20-,21-;/m0./s1. The van der Waals surface area contributed by atoms with Crippen molar-refractivity contribution in [1.29, 1.82) is 0 Å². The summed E-state index contributed by atoms with van der Waals surface area (Å²) in [4.78, 5) is 74.1. The number of halogens is 3. The molecule has 0 aliphatic heterocycles. The first-order valence-electron chi connectivity index (χ1n) is 14.0. The molecule has 1 aromatic heterocycles. The number of para-hydroxylation sites is 1. The lowest BCUT2D eigenvalue weighted by Crippen LogP contribution is -2.58. The van der Waals surface area contributed by atoms with E-state index in [-0.39, 0.29) is 19.3 Å². The number of nitrogens with one attached hydrogen (secondary N) is 4. The molecule has 0 radical (unpaired) electrons. The van der Waals surface area contributed by atoms with Crippen molar-refractivity contribution in [2.24, 2.45) is 11.5 Å². The van der Waals surface area contributed by atoms with Gasteiger partial charge in [-0.25, -0.2) is 4.79 Å². The van der Waals surface area contributed by atoms with Crippen LogP contribution in [0.15, 0.2) is 30.5 Å². The number of rotatable bonds is 17. The molecule has 18 heteroatoms. The number of aromatic nitrogens is 1. The second kappa shape index (κ2) is 19.3. The van der Waals surface area contributed by atoms with Gasteiger partial charge >= 0.3 is 18.1 Å². The first-order valence-corrected chi connectivity index (χ1v) is 15.4. The Morgan fingerprint density at radius 1 is 0.935 bits per heavy atom. The molecule has 46 heavy (non-hydrogen) atoms. The molecular formula is C28H39F3N6O8S. The Morgan fingerprint density at radius 2 is 1.50 bits per heavy atom. The quantitative estimate of drug-likeness (QED) is 0.118. The molecule has 14 nitrogen and oxygen atoms in total. The van der Waals surface area contributed by atoms with Crippen LogP contribution < -0.4 is 27.4 Å². The summed E-state index contributed by atoms with van der Waals surface area (Å²) in [7, 11) is 0. The van der Waals surface area contributed by atoms with Gasteiger partial charge in [0.15, 0.2) is 0 Å². The fourth-order valence-corrected chi connectivity index (χ4v) is 4.51. The van der Waals surface area contributed by atoms with Gasteiger partial charge in [0.2, 0.25) is 23.6 Å². The Balaban J connectivity index is 0.00000135. The Hall–Kier alpha value is -4.32. The summed E-state index contributed by atoms with van der Waals surface area (Å²) < 4.78 is 31.7. The van der Waals surface area contributed by atoms with E-state index in [2.05, 4.69) is 20.9 Å². The molecule has 2 aromatic rings. The van der Waals surface area contributed by atoms with E-state index in [4.69, 9.17) is 21.4 Å². The van der Waals surface area contributed by atoms with E-state index in [1.807, 2.05) is 37.4 Å². The first-order chi connectivity index (χ1) is 21.5. The van der Waals surface area contributed by atoms with Crippen LogP contribution in [-0.2, 0) is 35.2 Å². The molecule has 1 heterocycles. The summed E-state index contributed by atoms with van der Waals surface area (Å²) in [5, 5.41) is 24.9. The average Bonchev–Trinajstić information content (AvgIpc) is 3.38. The summed E-state index contributed by atoms with van der Waals surface area (Å²) in [6.45, 7) is 1.91. The lowest BCUT2D eigenvalue weighted by atomic mass is 10.0. The number of nitrogens with two attached hydrogens (primary N) is 2. The van der Waals surface area contributed by atoms with Gasteiger partial charge in [0.1, 0.15) is 18.1 Å². The van der Waals surface area contributed by atoms with Crippen LogP contribution in [0.3, 0.4) is 0 Å². The Bertz CT molecular complexity index is 1360. The van der Waals surface area contributed by atoms with Crippen LogP contribution in [0.2, 0.25) is 0 Å². The summed E-state index contributed by atoms with van der Waals surface area (Å²) in [6, 6.07) is 3.10. The molecular weight excluding hydrogens is 637 g/mol. The second-order valence-corrected chi connectivity index (χ2v) is 11.1. The molecule has 4 amide bonds. The average molecular weight is 677 g/mol. The normalized spacial score (nSPS) is 13.7. The van der Waals surface area contributed by atoms with E-state index in [9.17, 15) is 42.3 Å². The summed E-state index contributed by atoms with van der Waals surface area (Å²) in [5.41, 5.74) is 13.3. The number of H-pyrrole nitrogens is 1. The number of aromatic amines is 1. The molecule has 0 fully saturated rings. The van der Waals surface area contributed by atoms with Crippen LogP contribution in [0, 0.1) is 0 Å². The molecule has 0 saturated heterocycles. The van der Waals surface area contributed by atoms with Crippen molar-refractivity contribution in [3.05, 3.63) is 36.0 Å². The maximum atomic E-state index is 13.1. The van der Waals surface area contributed by atoms with Gasteiger partial charge in [-0.15, -0.1) is 0 Å². The topological polar surface area (TPSA) is 247 Å². The van der Waals surface area contributed by atoms with Gasteiger partial charge in [-0.2, -0.15) is 24.9 Å². The van der Waals surface area contributed by atoms with Crippen LogP contribution in [0.25, 0.3) is 10.9 Å². The first kappa shape index (κ1) is 39.7. The lowest BCUT2D eigenvalue weighted by molar-refractivity contribution is -0.192. The number of unbranched alkanes of at least 4 members (excludes halogenated alkanes) is 1. The molecule has 2 rings (SSSR count). The molecule has 256 valence electrons. The highest BCUT2D eigenvalue weighted by atomic mass is 32.2. The summed E-state index contributed by atoms with van der Waals surface area (Å²) in [5.74, 6) is -6.48. The van der Waals surface area contributed by atoms with E-state index in [0.717, 1.165) is 22.9 Å². The zero-order chi connectivity index (χ0) is 35.0. The van der Waals surface area contributed by atoms with Gasteiger partial charge < -0.3 is 42.6 Å². The fraction of sp³-hybridized carbons (Fsp3) is 0.500. The zero-order valence-corrected chi connectivity index (χ0v) is 26.0. The van der Waals surface area contributed by atoms with Crippen molar-refractivity contribution in [1.82, 2.24) is 20.9 Å². The van der Waals surface area contributed by atoms with E-state index >= 15 is 0 Å². The zero-order valence-electron chi connectivity index (χ0n) is 25.2. The highest BCUT2D eigenvalue weighted by Gasteiger charge is 2.38. The number of primary amides is 1. The number of fused-ring (bicyclic) bond motifs is 1. The third-order valence-corrected chi connectivity index (χ3v) is 7.10. The van der Waals surface area contributed by atoms with E-state index < -0.39 is 72.3 Å². The maximum absolute atomic E-state index is 13.1. The Labute approximate surface area is 266 Å². The van der Waals surface area contributed by atoms with Crippen LogP contribution >= 0.6 is 11.8 Å². The minimum absolute atomic E-state index is 0.223. The molecule has 1 unspecified atom stereocenters. The smallest absolute Gasteiger partial charge is 0.481 e. The van der Waals surface area contributed by atoms with Crippen molar-refractivity contribution in [3.8, 4) is 0 Å². The van der Waals surface area contributed by atoms with Crippen molar-refractivity contribution in [3.63, 3.8) is 0 Å². The van der Waals surface area contributed by atoms with Gasteiger partial charge in [0.25, 0.3) is 0 Å². The molecule has 4 atom stereocenters. The second-order valence-electron chi connectivity index (χ2n) is 10.1. The largest absolute Gasteiger partial charge is 0.490 e. The van der Waals surface area contributed by atoms with E-state index in [1.165, 1.54) is 11.8 Å². The number of carboxylic acid groups (broad SMARTS) is 2. The van der Waals surface area contributed by atoms with Crippen molar-refractivity contribution < 1.29 is 52.2 Å². The highest BCUT2D eigenvalue weighted by molar-refractivity contribution is 7.98. The molecule has 1 aromatic carbocycles. The van der Waals surface area contributed by atoms with Crippen LogP contribution in [0.4, 0.5) is 13.2 Å². The Kier molecular flexibility index (Phi) is 16.6. The minimum Gasteiger partial charge on any atom is -0.481 e. The third kappa shape index (κ3) is 13.8. The summed E-state index contributed by atoms with van der Waals surface area (Å²) in [6.07, 6.45) is -0.0830. The molecule has 0 bridgehead atoms. The third-order valence-electron chi connectivity index (χ3n) is 6.46. The molecule has 0 saturated carbocycles. The van der Waals surface area contributed by atoms with Crippen molar-refractivity contribution in [2.75, 3.05) is 12.0 Å². The predicted octanol–water partition coefficient (Wildman–Crippen LogP) is 1.03. The Morgan fingerprint density at radius 3 is 2.04 bits per heavy atom. The minimum atomic E-state index is -5.08. The number of aliphatic carboxylic acids is 2. The fourth-order valence-electron chi connectivity index (χ4n) is 4.04. The molecule has 0 spiro atoms. The number of alkyl halides is 3. The maximum Gasteiger partial charge on any atom is 0.490 e. The van der Waals surface area contributed by atoms with Gasteiger partial charge in [0.05, 0.1) is 12.5 Å². The molecule has 0 aliphatic carbocycles. The van der Waals surface area contributed by atoms with Crippen molar-refractivity contribution >= 4 is 58.2 Å². The summed E-state index contributed by atoms with van der Waals surface area (Å²) >= 11 is 1.45. The van der Waals surface area contributed by atoms with E-state index in [1.54, 1.807) is 6.20 Å². The van der Waals surface area contributed by atoms with Crippen molar-refractivity contribution in [2.45, 2.75) is 75.8 Å². The molecule has 10 N–H and O–H groups in total. The number of benzene rings is 1. The number of carbonyl (C=O) groups is 6.